The molecule has 0 atom stereocenters. The largest absolute Gasteiger partial charge is 0.468 e. The molecule has 1 aromatic carbocycles. The summed E-state index contributed by atoms with van der Waals surface area (Å²) in [6, 6.07) is 7.23. The van der Waals surface area contributed by atoms with Gasteiger partial charge in [-0.15, -0.1) is 0 Å². The fraction of sp³-hybridized carbons (Fsp3) is 0.467. The molecule has 1 aromatic rings. The summed E-state index contributed by atoms with van der Waals surface area (Å²) in [6.45, 7) is 4.25. The number of nitrogens with one attached hydrogen (secondary N) is 2. The average Bonchev–Trinajstić information content (AvgIpc) is 2.44. The number of esters is 1. The van der Waals surface area contributed by atoms with Crippen molar-refractivity contribution in [2.75, 3.05) is 26.0 Å². The van der Waals surface area contributed by atoms with E-state index in [0.29, 0.717) is 13.0 Å². The van der Waals surface area contributed by atoms with Crippen molar-refractivity contribution in [3.8, 4) is 0 Å². The minimum atomic E-state index is -0.705. The van der Waals surface area contributed by atoms with E-state index in [0.717, 1.165) is 11.3 Å². The Kier molecular flexibility index (Phi) is 5.70. The number of methoxy groups -OCH3 is 1. The lowest BCUT2D eigenvalue weighted by atomic mass is 9.85. The molecule has 0 bridgehead atoms. The Morgan fingerprint density at radius 2 is 1.80 bits per heavy atom. The zero-order valence-electron chi connectivity index (χ0n) is 12.4. The fourth-order valence-electron chi connectivity index (χ4n) is 1.81. The average molecular weight is 278 g/mol. The molecule has 1 amide bonds. The summed E-state index contributed by atoms with van der Waals surface area (Å²) >= 11 is 0. The van der Waals surface area contributed by atoms with Gasteiger partial charge >= 0.3 is 5.97 Å². The van der Waals surface area contributed by atoms with Crippen molar-refractivity contribution in [1.29, 1.82) is 0 Å². The summed E-state index contributed by atoms with van der Waals surface area (Å²) in [6.07, 6.45) is 0.423. The summed E-state index contributed by atoms with van der Waals surface area (Å²) in [4.78, 5) is 23.3. The zero-order valence-corrected chi connectivity index (χ0v) is 12.4. The van der Waals surface area contributed by atoms with Crippen molar-refractivity contribution in [3.05, 3.63) is 29.8 Å². The van der Waals surface area contributed by atoms with Crippen molar-refractivity contribution in [2.24, 2.45) is 0 Å². The number of hydrogen-bond donors (Lipinski definition) is 2. The van der Waals surface area contributed by atoms with Gasteiger partial charge in [0.25, 0.3) is 0 Å². The molecule has 2 N–H and O–H groups in total. The number of carbonyl (C=O) groups excluding carboxylic acids is 2. The Hall–Kier alpha value is -1.88. The predicted molar refractivity (Wildman–Crippen MR) is 78.7 cm³/mol. The minimum Gasteiger partial charge on any atom is -0.468 e. The first-order chi connectivity index (χ1) is 9.41. The van der Waals surface area contributed by atoms with Crippen LogP contribution in [0.5, 0.6) is 0 Å². The van der Waals surface area contributed by atoms with E-state index in [4.69, 9.17) is 4.74 Å². The van der Waals surface area contributed by atoms with Crippen molar-refractivity contribution in [3.63, 3.8) is 0 Å². The van der Waals surface area contributed by atoms with Crippen LogP contribution in [0.4, 0.5) is 5.69 Å². The molecular formula is C15H22N2O3. The maximum atomic E-state index is 11.7. The molecule has 0 spiro atoms. The van der Waals surface area contributed by atoms with Crippen LogP contribution in [0, 0.1) is 0 Å². The third-order valence-corrected chi connectivity index (χ3v) is 3.19. The molecule has 0 heterocycles. The summed E-state index contributed by atoms with van der Waals surface area (Å²) < 4.78 is 4.79. The third-order valence-electron chi connectivity index (χ3n) is 3.19. The molecular weight excluding hydrogens is 256 g/mol. The van der Waals surface area contributed by atoms with Crippen LogP contribution < -0.4 is 10.6 Å². The van der Waals surface area contributed by atoms with Crippen LogP contribution in [0.3, 0.4) is 0 Å². The van der Waals surface area contributed by atoms with E-state index in [-0.39, 0.29) is 11.9 Å². The second-order valence-corrected chi connectivity index (χ2v) is 5.10. The highest BCUT2D eigenvalue weighted by Crippen LogP contribution is 2.25. The molecule has 0 aliphatic rings. The first-order valence-electron chi connectivity index (χ1n) is 6.55. The Morgan fingerprint density at radius 1 is 1.20 bits per heavy atom. The van der Waals surface area contributed by atoms with Crippen molar-refractivity contribution >= 4 is 17.6 Å². The SMILES string of the molecule is CNCCC(=O)Nc1ccc(C(C)(C)C(=O)OC)cc1. The highest BCUT2D eigenvalue weighted by molar-refractivity contribution is 5.91. The summed E-state index contributed by atoms with van der Waals surface area (Å²) in [5.41, 5.74) is 0.858. The maximum Gasteiger partial charge on any atom is 0.315 e. The van der Waals surface area contributed by atoms with E-state index in [1.54, 1.807) is 33.0 Å². The van der Waals surface area contributed by atoms with Crippen LogP contribution in [0.1, 0.15) is 25.8 Å². The lowest BCUT2D eigenvalue weighted by molar-refractivity contribution is -0.146. The number of ether oxygens (including phenoxy) is 1. The van der Waals surface area contributed by atoms with E-state index >= 15 is 0 Å². The molecule has 1 rings (SSSR count). The van der Waals surface area contributed by atoms with Crippen LogP contribution in [0.15, 0.2) is 24.3 Å². The van der Waals surface area contributed by atoms with Gasteiger partial charge in [0.1, 0.15) is 0 Å². The fourth-order valence-corrected chi connectivity index (χ4v) is 1.81. The Morgan fingerprint density at radius 3 is 2.30 bits per heavy atom. The lowest BCUT2D eigenvalue weighted by Crippen LogP contribution is -2.30. The van der Waals surface area contributed by atoms with Gasteiger partial charge < -0.3 is 15.4 Å². The number of amides is 1. The van der Waals surface area contributed by atoms with Gasteiger partial charge in [-0.25, -0.2) is 0 Å². The van der Waals surface area contributed by atoms with Gasteiger partial charge in [-0.2, -0.15) is 0 Å². The molecule has 0 fully saturated rings. The monoisotopic (exact) mass is 278 g/mol. The van der Waals surface area contributed by atoms with Crippen LogP contribution in [-0.2, 0) is 19.7 Å². The standard InChI is InChI=1S/C15H22N2O3/c1-15(2,14(19)20-4)11-5-7-12(8-6-11)17-13(18)9-10-16-3/h5-8,16H,9-10H2,1-4H3,(H,17,18). The number of carbonyl (C=O) groups is 2. The normalized spacial score (nSPS) is 11.0. The third kappa shape index (κ3) is 4.06. The second-order valence-electron chi connectivity index (χ2n) is 5.10. The van der Waals surface area contributed by atoms with E-state index in [9.17, 15) is 9.59 Å². The predicted octanol–water partition coefficient (Wildman–Crippen LogP) is 1.69. The molecule has 0 radical (unpaired) electrons. The molecule has 0 aliphatic heterocycles. The molecule has 20 heavy (non-hydrogen) atoms. The molecule has 5 nitrogen and oxygen atoms in total. The maximum absolute atomic E-state index is 11.7. The quantitative estimate of drug-likeness (QED) is 0.777. The zero-order chi connectivity index (χ0) is 15.2. The van der Waals surface area contributed by atoms with Gasteiger partial charge in [0.15, 0.2) is 0 Å². The van der Waals surface area contributed by atoms with Crippen LogP contribution >= 0.6 is 0 Å². The molecule has 5 heteroatoms. The minimum absolute atomic E-state index is 0.0423. The number of rotatable bonds is 6. The Bertz CT molecular complexity index is 467. The molecule has 110 valence electrons. The molecule has 0 aliphatic carbocycles. The van der Waals surface area contributed by atoms with E-state index in [2.05, 4.69) is 10.6 Å². The summed E-state index contributed by atoms with van der Waals surface area (Å²) in [5, 5.41) is 5.72. The number of hydrogen-bond acceptors (Lipinski definition) is 4. The van der Waals surface area contributed by atoms with Crippen molar-refractivity contribution < 1.29 is 14.3 Å². The van der Waals surface area contributed by atoms with Crippen molar-refractivity contribution in [2.45, 2.75) is 25.7 Å². The van der Waals surface area contributed by atoms with Crippen LogP contribution in [-0.4, -0.2) is 32.6 Å². The van der Waals surface area contributed by atoms with E-state index in [1.165, 1.54) is 7.11 Å². The van der Waals surface area contributed by atoms with Crippen LogP contribution in [0.25, 0.3) is 0 Å². The van der Waals surface area contributed by atoms with Gasteiger partial charge in [0.05, 0.1) is 12.5 Å². The number of anilines is 1. The Labute approximate surface area is 119 Å². The van der Waals surface area contributed by atoms with Crippen LogP contribution in [0.2, 0.25) is 0 Å². The molecule has 0 aromatic heterocycles. The van der Waals surface area contributed by atoms with Gasteiger partial charge in [-0.1, -0.05) is 12.1 Å². The topological polar surface area (TPSA) is 67.4 Å². The highest BCUT2D eigenvalue weighted by Gasteiger charge is 2.30. The van der Waals surface area contributed by atoms with Crippen molar-refractivity contribution in [1.82, 2.24) is 5.32 Å². The second kappa shape index (κ2) is 7.05. The Balaban J connectivity index is 2.74. The summed E-state index contributed by atoms with van der Waals surface area (Å²) in [7, 11) is 3.18. The lowest BCUT2D eigenvalue weighted by Gasteiger charge is -2.22. The van der Waals surface area contributed by atoms with Gasteiger partial charge in [0.2, 0.25) is 5.91 Å². The summed E-state index contributed by atoms with van der Waals surface area (Å²) in [5.74, 6) is -0.331. The van der Waals surface area contributed by atoms with E-state index in [1.807, 2.05) is 12.1 Å². The first kappa shape index (κ1) is 16.2. The van der Waals surface area contributed by atoms with E-state index < -0.39 is 5.41 Å². The molecule has 0 saturated carbocycles. The smallest absolute Gasteiger partial charge is 0.315 e. The van der Waals surface area contributed by atoms with Gasteiger partial charge in [-0.05, 0) is 38.6 Å². The number of benzene rings is 1. The van der Waals surface area contributed by atoms with Gasteiger partial charge in [-0.3, -0.25) is 9.59 Å². The first-order valence-corrected chi connectivity index (χ1v) is 6.55. The van der Waals surface area contributed by atoms with Gasteiger partial charge in [0, 0.05) is 18.7 Å². The molecule has 0 saturated heterocycles. The highest BCUT2D eigenvalue weighted by atomic mass is 16.5. The molecule has 0 unspecified atom stereocenters.